The number of carbonyl (C=O) groups is 4. The van der Waals surface area contributed by atoms with E-state index in [1.807, 2.05) is 0 Å². The zero-order valence-corrected chi connectivity index (χ0v) is 10.8. The molecule has 0 rings (SSSR count). The Balaban J connectivity index is 4.00. The van der Waals surface area contributed by atoms with Gasteiger partial charge in [0.15, 0.2) is 5.92 Å². The lowest BCUT2D eigenvalue weighted by Crippen LogP contribution is -2.23. The van der Waals surface area contributed by atoms with Crippen molar-refractivity contribution in [2.45, 2.75) is 38.5 Å². The van der Waals surface area contributed by atoms with Crippen LogP contribution in [0.3, 0.4) is 0 Å². The van der Waals surface area contributed by atoms with Crippen LogP contribution < -0.4 is 0 Å². The topological polar surface area (TPSA) is 149 Å². The van der Waals surface area contributed by atoms with Crippen molar-refractivity contribution in [2.75, 3.05) is 0 Å². The maximum absolute atomic E-state index is 10.8. The standard InChI is InChI=1S/C12H18O8/c13-9(14)6-7(10(15)16)4-2-1-3-5-8(11(17)18)12(19)20/h7-8H,1-6H2,(H,13,14)(H,15,16)(H,17,18)(H,19,20). The van der Waals surface area contributed by atoms with Gasteiger partial charge in [0, 0.05) is 0 Å². The van der Waals surface area contributed by atoms with Crippen molar-refractivity contribution in [1.82, 2.24) is 0 Å². The van der Waals surface area contributed by atoms with Crippen molar-refractivity contribution in [2.24, 2.45) is 11.8 Å². The minimum absolute atomic E-state index is 0.0265. The summed E-state index contributed by atoms with van der Waals surface area (Å²) < 4.78 is 0. The molecule has 0 amide bonds. The number of rotatable bonds is 11. The van der Waals surface area contributed by atoms with Gasteiger partial charge in [-0.15, -0.1) is 0 Å². The van der Waals surface area contributed by atoms with Crippen LogP contribution in [0.15, 0.2) is 0 Å². The van der Waals surface area contributed by atoms with E-state index in [9.17, 15) is 19.2 Å². The molecule has 114 valence electrons. The third kappa shape index (κ3) is 7.34. The maximum Gasteiger partial charge on any atom is 0.317 e. The van der Waals surface area contributed by atoms with Gasteiger partial charge in [-0.3, -0.25) is 19.2 Å². The SMILES string of the molecule is O=C(O)CC(CCCCCC(C(=O)O)C(=O)O)C(=O)O. The molecule has 4 N–H and O–H groups in total. The minimum atomic E-state index is -1.45. The van der Waals surface area contributed by atoms with Gasteiger partial charge in [0.05, 0.1) is 12.3 Å². The van der Waals surface area contributed by atoms with Crippen molar-refractivity contribution in [1.29, 1.82) is 0 Å². The fourth-order valence-corrected chi connectivity index (χ4v) is 1.79. The van der Waals surface area contributed by atoms with Crippen LogP contribution in [0.25, 0.3) is 0 Å². The minimum Gasteiger partial charge on any atom is -0.481 e. The molecule has 0 radical (unpaired) electrons. The highest BCUT2D eigenvalue weighted by Crippen LogP contribution is 2.17. The number of hydrogen-bond acceptors (Lipinski definition) is 4. The highest BCUT2D eigenvalue weighted by atomic mass is 16.4. The molecule has 0 aliphatic rings. The summed E-state index contributed by atoms with van der Waals surface area (Å²) in [5.41, 5.74) is 0. The molecule has 0 spiro atoms. The monoisotopic (exact) mass is 290 g/mol. The van der Waals surface area contributed by atoms with E-state index < -0.39 is 42.1 Å². The van der Waals surface area contributed by atoms with Crippen LogP contribution in [0.2, 0.25) is 0 Å². The molecule has 0 aromatic carbocycles. The van der Waals surface area contributed by atoms with Gasteiger partial charge >= 0.3 is 23.9 Å². The molecule has 0 aliphatic heterocycles. The Hall–Kier alpha value is -2.12. The zero-order valence-electron chi connectivity index (χ0n) is 10.8. The zero-order chi connectivity index (χ0) is 15.7. The first-order valence-electron chi connectivity index (χ1n) is 6.16. The van der Waals surface area contributed by atoms with Crippen LogP contribution in [0.5, 0.6) is 0 Å². The van der Waals surface area contributed by atoms with Gasteiger partial charge in [-0.05, 0) is 12.8 Å². The molecular weight excluding hydrogens is 272 g/mol. The van der Waals surface area contributed by atoms with Gasteiger partial charge in [-0.1, -0.05) is 19.3 Å². The Bertz CT molecular complexity index is 362. The smallest absolute Gasteiger partial charge is 0.317 e. The third-order valence-electron chi connectivity index (χ3n) is 2.91. The van der Waals surface area contributed by atoms with Crippen LogP contribution in [-0.2, 0) is 19.2 Å². The maximum atomic E-state index is 10.8. The molecule has 1 unspecified atom stereocenters. The normalized spacial score (nSPS) is 12.1. The average Bonchev–Trinajstić information content (AvgIpc) is 2.30. The Labute approximate surface area is 115 Å². The molecule has 0 heterocycles. The molecule has 0 saturated carbocycles. The lowest BCUT2D eigenvalue weighted by atomic mass is 9.96. The van der Waals surface area contributed by atoms with E-state index in [4.69, 9.17) is 20.4 Å². The second kappa shape index (κ2) is 8.89. The predicted octanol–water partition coefficient (Wildman–Crippen LogP) is 0.898. The number of aliphatic carboxylic acids is 4. The molecule has 8 nitrogen and oxygen atoms in total. The van der Waals surface area contributed by atoms with Crippen molar-refractivity contribution >= 4 is 23.9 Å². The highest BCUT2D eigenvalue weighted by molar-refractivity contribution is 5.92. The molecule has 0 saturated heterocycles. The van der Waals surface area contributed by atoms with E-state index in [1.165, 1.54) is 0 Å². The van der Waals surface area contributed by atoms with Crippen LogP contribution in [0.4, 0.5) is 0 Å². The molecule has 0 fully saturated rings. The fourth-order valence-electron chi connectivity index (χ4n) is 1.79. The summed E-state index contributed by atoms with van der Waals surface area (Å²) in [6.45, 7) is 0. The van der Waals surface area contributed by atoms with Gasteiger partial charge in [-0.2, -0.15) is 0 Å². The van der Waals surface area contributed by atoms with Crippen molar-refractivity contribution in [3.63, 3.8) is 0 Å². The second-order valence-electron chi connectivity index (χ2n) is 4.50. The van der Waals surface area contributed by atoms with Crippen molar-refractivity contribution in [3.8, 4) is 0 Å². The van der Waals surface area contributed by atoms with Crippen molar-refractivity contribution in [3.05, 3.63) is 0 Å². The summed E-state index contributed by atoms with van der Waals surface area (Å²) >= 11 is 0. The van der Waals surface area contributed by atoms with Crippen molar-refractivity contribution < 1.29 is 39.6 Å². The van der Waals surface area contributed by atoms with E-state index in [1.54, 1.807) is 0 Å². The summed E-state index contributed by atoms with van der Waals surface area (Å²) in [7, 11) is 0. The molecule has 0 aromatic rings. The predicted molar refractivity (Wildman–Crippen MR) is 65.2 cm³/mol. The average molecular weight is 290 g/mol. The molecule has 1 atom stereocenters. The van der Waals surface area contributed by atoms with Gasteiger partial charge in [0.1, 0.15) is 0 Å². The van der Waals surface area contributed by atoms with Gasteiger partial charge in [0.2, 0.25) is 0 Å². The van der Waals surface area contributed by atoms with Crippen LogP contribution in [0, 0.1) is 11.8 Å². The number of carboxylic acids is 4. The Morgan fingerprint density at radius 3 is 1.60 bits per heavy atom. The third-order valence-corrected chi connectivity index (χ3v) is 2.91. The molecular formula is C12H18O8. The summed E-state index contributed by atoms with van der Waals surface area (Å²) in [6, 6.07) is 0. The fraction of sp³-hybridized carbons (Fsp3) is 0.667. The molecule has 20 heavy (non-hydrogen) atoms. The van der Waals surface area contributed by atoms with E-state index in [-0.39, 0.29) is 12.8 Å². The number of hydrogen-bond donors (Lipinski definition) is 4. The molecule has 0 bridgehead atoms. The summed E-state index contributed by atoms with van der Waals surface area (Å²) in [6.07, 6.45) is 0.898. The van der Waals surface area contributed by atoms with Gasteiger partial charge < -0.3 is 20.4 Å². The first-order valence-corrected chi connectivity index (χ1v) is 6.16. The van der Waals surface area contributed by atoms with E-state index in [2.05, 4.69) is 0 Å². The van der Waals surface area contributed by atoms with E-state index >= 15 is 0 Å². The first-order chi connectivity index (χ1) is 9.25. The van der Waals surface area contributed by atoms with E-state index in [0.717, 1.165) is 0 Å². The quantitative estimate of drug-likeness (QED) is 0.324. The van der Waals surface area contributed by atoms with Crippen LogP contribution >= 0.6 is 0 Å². The Morgan fingerprint density at radius 2 is 1.20 bits per heavy atom. The summed E-state index contributed by atoms with van der Waals surface area (Å²) in [5.74, 6) is -7.58. The lowest BCUT2D eigenvalue weighted by Gasteiger charge is -2.10. The summed E-state index contributed by atoms with van der Waals surface area (Å²) in [5, 5.41) is 34.6. The van der Waals surface area contributed by atoms with E-state index in [0.29, 0.717) is 19.3 Å². The molecule has 8 heteroatoms. The number of carboxylic acid groups (broad SMARTS) is 4. The largest absolute Gasteiger partial charge is 0.481 e. The lowest BCUT2D eigenvalue weighted by molar-refractivity contribution is -0.155. The van der Waals surface area contributed by atoms with Gasteiger partial charge in [-0.25, -0.2) is 0 Å². The van der Waals surface area contributed by atoms with Gasteiger partial charge in [0.25, 0.3) is 0 Å². The second-order valence-corrected chi connectivity index (χ2v) is 4.50. The first kappa shape index (κ1) is 17.9. The molecule has 0 aromatic heterocycles. The summed E-state index contributed by atoms with van der Waals surface area (Å²) in [4.78, 5) is 42.4. The highest BCUT2D eigenvalue weighted by Gasteiger charge is 2.25. The number of unbranched alkanes of at least 4 members (excludes halogenated alkanes) is 2. The Morgan fingerprint density at radius 1 is 0.700 bits per heavy atom. The van der Waals surface area contributed by atoms with Crippen LogP contribution in [-0.4, -0.2) is 44.3 Å². The molecule has 0 aliphatic carbocycles. The van der Waals surface area contributed by atoms with Crippen LogP contribution in [0.1, 0.15) is 38.5 Å². The Kier molecular flexibility index (Phi) is 7.95.